The zero-order valence-corrected chi connectivity index (χ0v) is 12.3. The summed E-state index contributed by atoms with van der Waals surface area (Å²) in [6, 6.07) is 5.43. The molecule has 0 aromatic heterocycles. The number of halogens is 1. The van der Waals surface area contributed by atoms with E-state index in [9.17, 15) is 4.79 Å². The Morgan fingerprint density at radius 3 is 3.11 bits per heavy atom. The van der Waals surface area contributed by atoms with Crippen LogP contribution < -0.4 is 5.32 Å². The summed E-state index contributed by atoms with van der Waals surface area (Å²) in [6.45, 7) is 2.79. The molecule has 3 nitrogen and oxygen atoms in total. The average Bonchev–Trinajstić information content (AvgIpc) is 2.83. The van der Waals surface area contributed by atoms with Crippen LogP contribution in [0, 0.1) is 6.92 Å². The highest BCUT2D eigenvalue weighted by molar-refractivity contribution is 8.39. The number of rotatable bonds is 3. The maximum absolute atomic E-state index is 11.8. The molecule has 18 heavy (non-hydrogen) atoms. The molecule has 0 aliphatic carbocycles. The van der Waals surface area contributed by atoms with Gasteiger partial charge in [-0.1, -0.05) is 35.1 Å². The number of hydrogen-bond donors (Lipinski definition) is 1. The Balaban J connectivity index is 1.86. The molecule has 1 aromatic rings. The van der Waals surface area contributed by atoms with Crippen LogP contribution in [0.1, 0.15) is 5.56 Å². The number of aryl methyl sites for hydroxylation is 1. The first-order chi connectivity index (χ1) is 8.65. The minimum Gasteiger partial charge on any atom is -0.325 e. The molecule has 0 unspecified atom stereocenters. The lowest BCUT2D eigenvalue weighted by Gasteiger charge is -2.08. The van der Waals surface area contributed by atoms with Crippen molar-refractivity contribution in [3.05, 3.63) is 28.8 Å². The summed E-state index contributed by atoms with van der Waals surface area (Å²) in [6.07, 6.45) is 0. The third kappa shape index (κ3) is 3.93. The summed E-state index contributed by atoms with van der Waals surface area (Å²) in [5, 5.41) is 3.56. The number of amides is 1. The molecule has 0 fully saturated rings. The van der Waals surface area contributed by atoms with Crippen molar-refractivity contribution >= 4 is 51.1 Å². The topological polar surface area (TPSA) is 41.5 Å². The van der Waals surface area contributed by atoms with Gasteiger partial charge in [-0.3, -0.25) is 9.79 Å². The first kappa shape index (κ1) is 13.8. The number of nitrogens with one attached hydrogen (secondary N) is 1. The number of carbonyl (C=O) groups is 1. The van der Waals surface area contributed by atoms with Crippen molar-refractivity contribution in [2.24, 2.45) is 4.99 Å². The van der Waals surface area contributed by atoms with Gasteiger partial charge in [-0.25, -0.2) is 0 Å². The number of hydrogen-bond acceptors (Lipinski definition) is 4. The third-order valence-electron chi connectivity index (χ3n) is 2.35. The molecule has 0 saturated heterocycles. The van der Waals surface area contributed by atoms with E-state index in [-0.39, 0.29) is 5.91 Å². The van der Waals surface area contributed by atoms with Crippen LogP contribution in [0.3, 0.4) is 0 Å². The van der Waals surface area contributed by atoms with E-state index >= 15 is 0 Å². The van der Waals surface area contributed by atoms with Crippen LogP contribution in [0.2, 0.25) is 5.02 Å². The fourth-order valence-corrected chi connectivity index (χ4v) is 3.52. The van der Waals surface area contributed by atoms with Gasteiger partial charge in [0.15, 0.2) is 0 Å². The van der Waals surface area contributed by atoms with Gasteiger partial charge in [0.25, 0.3) is 0 Å². The largest absolute Gasteiger partial charge is 0.325 e. The van der Waals surface area contributed by atoms with Crippen LogP contribution >= 0.6 is 35.1 Å². The van der Waals surface area contributed by atoms with Crippen LogP contribution in [0.4, 0.5) is 5.69 Å². The predicted molar refractivity (Wildman–Crippen MR) is 82.0 cm³/mol. The number of thioether (sulfide) groups is 2. The highest BCUT2D eigenvalue weighted by Gasteiger charge is 2.11. The SMILES string of the molecule is Cc1cc(Cl)ccc1NC(=O)CSC1=NCCS1. The highest BCUT2D eigenvalue weighted by Crippen LogP contribution is 2.23. The molecular weight excluding hydrogens is 288 g/mol. The van der Waals surface area contributed by atoms with E-state index in [0.717, 1.165) is 27.9 Å². The van der Waals surface area contributed by atoms with Crippen molar-refractivity contribution in [1.82, 2.24) is 0 Å². The van der Waals surface area contributed by atoms with Crippen LogP contribution in [0.25, 0.3) is 0 Å². The predicted octanol–water partition coefficient (Wildman–Crippen LogP) is 3.42. The minimum absolute atomic E-state index is 0.0133. The maximum atomic E-state index is 11.8. The van der Waals surface area contributed by atoms with Gasteiger partial charge in [-0.2, -0.15) is 0 Å². The molecule has 0 radical (unpaired) electrons. The molecule has 0 atom stereocenters. The molecule has 1 heterocycles. The molecular formula is C12H13ClN2OS2. The molecule has 0 bridgehead atoms. The monoisotopic (exact) mass is 300 g/mol. The fraction of sp³-hybridized carbons (Fsp3) is 0.333. The normalized spacial score (nSPS) is 14.4. The van der Waals surface area contributed by atoms with Gasteiger partial charge in [0, 0.05) is 16.5 Å². The summed E-state index contributed by atoms with van der Waals surface area (Å²) >= 11 is 9.07. The van der Waals surface area contributed by atoms with E-state index in [0.29, 0.717) is 10.8 Å². The number of carbonyl (C=O) groups excluding carboxylic acids is 1. The average molecular weight is 301 g/mol. The lowest BCUT2D eigenvalue weighted by Crippen LogP contribution is -2.15. The van der Waals surface area contributed by atoms with Crippen molar-refractivity contribution in [3.8, 4) is 0 Å². The molecule has 2 rings (SSSR count). The molecule has 1 N–H and O–H groups in total. The summed E-state index contributed by atoms with van der Waals surface area (Å²) in [5.41, 5.74) is 1.78. The van der Waals surface area contributed by atoms with Crippen molar-refractivity contribution in [2.45, 2.75) is 6.92 Å². The fourth-order valence-electron chi connectivity index (χ4n) is 1.48. The zero-order valence-electron chi connectivity index (χ0n) is 9.90. The van der Waals surface area contributed by atoms with Gasteiger partial charge < -0.3 is 5.32 Å². The van der Waals surface area contributed by atoms with Crippen LogP contribution in [-0.2, 0) is 4.79 Å². The lowest BCUT2D eigenvalue weighted by atomic mass is 10.2. The standard InChI is InChI=1S/C12H13ClN2OS2/c1-8-6-9(13)2-3-10(8)15-11(16)7-18-12-14-4-5-17-12/h2-3,6H,4-5,7H2,1H3,(H,15,16). The van der Waals surface area contributed by atoms with Crippen molar-refractivity contribution in [2.75, 3.05) is 23.4 Å². The van der Waals surface area contributed by atoms with E-state index in [1.807, 2.05) is 19.1 Å². The minimum atomic E-state index is -0.0133. The Bertz CT molecular complexity index is 491. The molecule has 0 saturated carbocycles. The summed E-state index contributed by atoms with van der Waals surface area (Å²) < 4.78 is 1.01. The molecule has 1 aliphatic heterocycles. The summed E-state index contributed by atoms with van der Waals surface area (Å²) in [5.74, 6) is 1.41. The molecule has 1 aliphatic rings. The molecule has 1 aromatic carbocycles. The van der Waals surface area contributed by atoms with Gasteiger partial charge in [-0.15, -0.1) is 0 Å². The van der Waals surface area contributed by atoms with Crippen molar-refractivity contribution < 1.29 is 4.79 Å². The maximum Gasteiger partial charge on any atom is 0.234 e. The summed E-state index contributed by atoms with van der Waals surface area (Å²) in [4.78, 5) is 16.1. The molecule has 0 spiro atoms. The van der Waals surface area contributed by atoms with Gasteiger partial charge in [0.1, 0.15) is 4.38 Å². The first-order valence-electron chi connectivity index (χ1n) is 5.51. The van der Waals surface area contributed by atoms with Gasteiger partial charge in [0.05, 0.1) is 12.3 Å². The van der Waals surface area contributed by atoms with Gasteiger partial charge in [0.2, 0.25) is 5.91 Å². The van der Waals surface area contributed by atoms with E-state index in [2.05, 4.69) is 10.3 Å². The second-order valence-corrected chi connectivity index (χ2v) is 6.53. The number of aliphatic imine (C=N–C) groups is 1. The number of benzene rings is 1. The van der Waals surface area contributed by atoms with Gasteiger partial charge in [-0.05, 0) is 30.7 Å². The third-order valence-corrected chi connectivity index (χ3v) is 4.83. The van der Waals surface area contributed by atoms with E-state index < -0.39 is 0 Å². The molecule has 1 amide bonds. The molecule has 96 valence electrons. The van der Waals surface area contributed by atoms with E-state index in [4.69, 9.17) is 11.6 Å². The molecule has 6 heteroatoms. The highest BCUT2D eigenvalue weighted by atomic mass is 35.5. The van der Waals surface area contributed by atoms with Crippen molar-refractivity contribution in [1.29, 1.82) is 0 Å². The zero-order chi connectivity index (χ0) is 13.0. The lowest BCUT2D eigenvalue weighted by molar-refractivity contribution is -0.113. The number of nitrogens with zero attached hydrogens (tertiary/aromatic N) is 1. The smallest absolute Gasteiger partial charge is 0.234 e. The Labute approximate surface area is 120 Å². The Hall–Kier alpha value is -0.650. The Morgan fingerprint density at radius 2 is 2.44 bits per heavy atom. The second kappa shape index (κ2) is 6.50. The Morgan fingerprint density at radius 1 is 1.61 bits per heavy atom. The van der Waals surface area contributed by atoms with Crippen molar-refractivity contribution in [3.63, 3.8) is 0 Å². The number of anilines is 1. The van der Waals surface area contributed by atoms with Crippen LogP contribution in [0.5, 0.6) is 0 Å². The van der Waals surface area contributed by atoms with Crippen LogP contribution in [-0.4, -0.2) is 28.3 Å². The quantitative estimate of drug-likeness (QED) is 0.930. The Kier molecular flexibility index (Phi) is 4.97. The first-order valence-corrected chi connectivity index (χ1v) is 7.86. The van der Waals surface area contributed by atoms with E-state index in [1.165, 1.54) is 11.8 Å². The van der Waals surface area contributed by atoms with Crippen LogP contribution in [0.15, 0.2) is 23.2 Å². The second-order valence-electron chi connectivity index (χ2n) is 3.79. The summed E-state index contributed by atoms with van der Waals surface area (Å²) in [7, 11) is 0. The van der Waals surface area contributed by atoms with E-state index in [1.54, 1.807) is 17.8 Å². The van der Waals surface area contributed by atoms with Gasteiger partial charge >= 0.3 is 0 Å².